The Morgan fingerprint density at radius 2 is 1.77 bits per heavy atom. The third-order valence-corrected chi connectivity index (χ3v) is 5.07. The zero-order chi connectivity index (χ0) is 18.1. The smallest absolute Gasteiger partial charge is 0.272 e. The molecule has 0 radical (unpaired) electrons. The standard InChI is InChI=1S/C20H21N3O3/c24-17-9-4-10-18(25)23(17)15-7-3-6-14(11-15)22-20(26)19-16-8-2-1-5-13(16)12-21-19/h3,6-7,11-12,21H,1-2,4-5,8-10H2,(H,22,26). The normalized spacial score (nSPS) is 17.2. The van der Waals surface area contributed by atoms with Crippen molar-refractivity contribution in [3.8, 4) is 0 Å². The predicted octanol–water partition coefficient (Wildman–Crippen LogP) is 3.19. The number of rotatable bonds is 3. The lowest BCUT2D eigenvalue weighted by atomic mass is 9.93. The maximum absolute atomic E-state index is 12.7. The van der Waals surface area contributed by atoms with Crippen LogP contribution in [-0.2, 0) is 22.4 Å². The second-order valence-electron chi connectivity index (χ2n) is 6.86. The van der Waals surface area contributed by atoms with E-state index in [0.29, 0.717) is 36.3 Å². The van der Waals surface area contributed by atoms with E-state index in [0.717, 1.165) is 31.2 Å². The third kappa shape index (κ3) is 3.03. The van der Waals surface area contributed by atoms with Crippen LogP contribution in [-0.4, -0.2) is 22.7 Å². The van der Waals surface area contributed by atoms with Crippen molar-refractivity contribution in [2.45, 2.75) is 44.9 Å². The Kier molecular flexibility index (Phi) is 4.32. The van der Waals surface area contributed by atoms with Gasteiger partial charge in [0.15, 0.2) is 0 Å². The SMILES string of the molecule is O=C(Nc1cccc(N2C(=O)CCCC2=O)c1)c1[nH]cc2c1CCCC2. The third-order valence-electron chi connectivity index (χ3n) is 5.07. The molecule has 0 atom stereocenters. The van der Waals surface area contributed by atoms with Crippen molar-refractivity contribution in [2.24, 2.45) is 0 Å². The Morgan fingerprint density at radius 3 is 2.58 bits per heavy atom. The average Bonchev–Trinajstić information content (AvgIpc) is 3.06. The second-order valence-corrected chi connectivity index (χ2v) is 6.86. The van der Waals surface area contributed by atoms with Crippen molar-refractivity contribution in [3.05, 3.63) is 47.3 Å². The number of hydrogen-bond donors (Lipinski definition) is 2. The molecule has 1 aliphatic carbocycles. The molecule has 2 N–H and O–H groups in total. The number of aromatic amines is 1. The summed E-state index contributed by atoms with van der Waals surface area (Å²) >= 11 is 0. The van der Waals surface area contributed by atoms with E-state index in [-0.39, 0.29) is 17.7 Å². The topological polar surface area (TPSA) is 82.3 Å². The minimum atomic E-state index is -0.193. The molecule has 26 heavy (non-hydrogen) atoms. The van der Waals surface area contributed by atoms with Gasteiger partial charge in [-0.25, -0.2) is 0 Å². The molecule has 1 aromatic heterocycles. The molecule has 2 heterocycles. The molecule has 3 amide bonds. The van der Waals surface area contributed by atoms with Crippen LogP contribution < -0.4 is 10.2 Å². The average molecular weight is 351 g/mol. The first-order valence-corrected chi connectivity index (χ1v) is 9.10. The number of aryl methyl sites for hydroxylation is 1. The molecular weight excluding hydrogens is 330 g/mol. The number of hydrogen-bond acceptors (Lipinski definition) is 3. The molecule has 0 spiro atoms. The minimum Gasteiger partial charge on any atom is -0.357 e. The highest BCUT2D eigenvalue weighted by molar-refractivity contribution is 6.16. The molecule has 1 fully saturated rings. The molecule has 0 bridgehead atoms. The lowest BCUT2D eigenvalue weighted by Crippen LogP contribution is -2.40. The van der Waals surface area contributed by atoms with Crippen molar-refractivity contribution in [2.75, 3.05) is 10.2 Å². The van der Waals surface area contributed by atoms with Gasteiger partial charge in [0.2, 0.25) is 11.8 Å². The molecule has 1 saturated heterocycles. The maximum Gasteiger partial charge on any atom is 0.272 e. The van der Waals surface area contributed by atoms with E-state index in [1.54, 1.807) is 24.3 Å². The van der Waals surface area contributed by atoms with Crippen molar-refractivity contribution in [1.29, 1.82) is 0 Å². The monoisotopic (exact) mass is 351 g/mol. The predicted molar refractivity (Wildman–Crippen MR) is 98.2 cm³/mol. The fourth-order valence-corrected chi connectivity index (χ4v) is 3.78. The number of fused-ring (bicyclic) bond motifs is 1. The van der Waals surface area contributed by atoms with Gasteiger partial charge in [0.1, 0.15) is 5.69 Å². The van der Waals surface area contributed by atoms with Gasteiger partial charge >= 0.3 is 0 Å². The van der Waals surface area contributed by atoms with Gasteiger partial charge in [-0.1, -0.05) is 6.07 Å². The highest BCUT2D eigenvalue weighted by atomic mass is 16.2. The summed E-state index contributed by atoms with van der Waals surface area (Å²) in [4.78, 5) is 41.2. The number of imide groups is 1. The number of nitrogens with one attached hydrogen (secondary N) is 2. The summed E-state index contributed by atoms with van der Waals surface area (Å²) in [5.41, 5.74) is 4.00. The van der Waals surface area contributed by atoms with Crippen LogP contribution >= 0.6 is 0 Å². The summed E-state index contributed by atoms with van der Waals surface area (Å²) in [5, 5.41) is 2.88. The zero-order valence-corrected chi connectivity index (χ0v) is 14.5. The van der Waals surface area contributed by atoms with Gasteiger partial charge in [-0.05, 0) is 61.4 Å². The van der Waals surface area contributed by atoms with Crippen LogP contribution in [0.3, 0.4) is 0 Å². The van der Waals surface area contributed by atoms with Gasteiger partial charge in [0.05, 0.1) is 5.69 Å². The zero-order valence-electron chi connectivity index (χ0n) is 14.5. The summed E-state index contributed by atoms with van der Waals surface area (Å²) < 4.78 is 0. The quantitative estimate of drug-likeness (QED) is 0.833. The molecule has 1 aliphatic heterocycles. The van der Waals surface area contributed by atoms with E-state index in [4.69, 9.17) is 0 Å². The Hall–Kier alpha value is -2.89. The van der Waals surface area contributed by atoms with E-state index >= 15 is 0 Å². The van der Waals surface area contributed by atoms with E-state index < -0.39 is 0 Å². The van der Waals surface area contributed by atoms with Crippen molar-refractivity contribution >= 4 is 29.1 Å². The van der Waals surface area contributed by atoms with Crippen LogP contribution in [0.4, 0.5) is 11.4 Å². The Morgan fingerprint density at radius 1 is 1.00 bits per heavy atom. The fraction of sp³-hybridized carbons (Fsp3) is 0.350. The Balaban J connectivity index is 1.55. The van der Waals surface area contributed by atoms with E-state index in [2.05, 4.69) is 10.3 Å². The fourth-order valence-electron chi connectivity index (χ4n) is 3.78. The molecule has 4 rings (SSSR count). The molecule has 0 unspecified atom stereocenters. The first kappa shape index (κ1) is 16.6. The lowest BCUT2D eigenvalue weighted by molar-refractivity contribution is -0.129. The van der Waals surface area contributed by atoms with Crippen molar-refractivity contribution < 1.29 is 14.4 Å². The highest BCUT2D eigenvalue weighted by Crippen LogP contribution is 2.27. The summed E-state index contributed by atoms with van der Waals surface area (Å²) in [7, 11) is 0. The first-order chi connectivity index (χ1) is 12.6. The number of amides is 3. The summed E-state index contributed by atoms with van der Waals surface area (Å²) in [6.45, 7) is 0. The first-order valence-electron chi connectivity index (χ1n) is 9.10. The van der Waals surface area contributed by atoms with Crippen LogP contribution in [0.15, 0.2) is 30.5 Å². The summed E-state index contributed by atoms with van der Waals surface area (Å²) in [5.74, 6) is -0.576. The Labute approximate surface area is 151 Å². The number of aromatic nitrogens is 1. The minimum absolute atomic E-state index is 0.192. The number of nitrogens with zero attached hydrogens (tertiary/aromatic N) is 1. The van der Waals surface area contributed by atoms with E-state index in [1.807, 2.05) is 6.20 Å². The van der Waals surface area contributed by atoms with Gasteiger partial charge in [-0.3, -0.25) is 19.3 Å². The molecule has 0 saturated carbocycles. The van der Waals surface area contributed by atoms with Crippen LogP contribution in [0.5, 0.6) is 0 Å². The number of benzene rings is 1. The summed E-state index contributed by atoms with van der Waals surface area (Å²) in [6, 6.07) is 6.89. The molecule has 134 valence electrons. The molecular formula is C20H21N3O3. The summed E-state index contributed by atoms with van der Waals surface area (Å²) in [6.07, 6.45) is 7.44. The molecule has 2 aromatic rings. The van der Waals surface area contributed by atoms with Gasteiger partial charge in [0.25, 0.3) is 5.91 Å². The van der Waals surface area contributed by atoms with Gasteiger partial charge in [-0.2, -0.15) is 0 Å². The second kappa shape index (κ2) is 6.78. The van der Waals surface area contributed by atoms with E-state index in [9.17, 15) is 14.4 Å². The van der Waals surface area contributed by atoms with Crippen LogP contribution in [0.25, 0.3) is 0 Å². The number of piperidine rings is 1. The maximum atomic E-state index is 12.7. The molecule has 1 aromatic carbocycles. The number of H-pyrrole nitrogens is 1. The van der Waals surface area contributed by atoms with Gasteiger partial charge in [0, 0.05) is 24.7 Å². The van der Waals surface area contributed by atoms with Crippen LogP contribution in [0.1, 0.15) is 53.7 Å². The van der Waals surface area contributed by atoms with Crippen LogP contribution in [0, 0.1) is 0 Å². The number of anilines is 2. The van der Waals surface area contributed by atoms with E-state index in [1.165, 1.54) is 10.5 Å². The van der Waals surface area contributed by atoms with Gasteiger partial charge in [-0.15, -0.1) is 0 Å². The van der Waals surface area contributed by atoms with Crippen molar-refractivity contribution in [1.82, 2.24) is 4.98 Å². The molecule has 2 aliphatic rings. The van der Waals surface area contributed by atoms with Gasteiger partial charge < -0.3 is 10.3 Å². The Bertz CT molecular complexity index is 868. The molecule has 6 nitrogen and oxygen atoms in total. The van der Waals surface area contributed by atoms with Crippen molar-refractivity contribution in [3.63, 3.8) is 0 Å². The highest BCUT2D eigenvalue weighted by Gasteiger charge is 2.27. The number of carbonyl (C=O) groups is 3. The lowest BCUT2D eigenvalue weighted by Gasteiger charge is -2.25. The molecule has 6 heteroatoms. The van der Waals surface area contributed by atoms with Crippen LogP contribution in [0.2, 0.25) is 0 Å². The largest absolute Gasteiger partial charge is 0.357 e. The number of carbonyl (C=O) groups excluding carboxylic acids is 3.